The van der Waals surface area contributed by atoms with Gasteiger partial charge < -0.3 is 4.74 Å². The molecule has 2 heterocycles. The van der Waals surface area contributed by atoms with Crippen molar-refractivity contribution in [2.24, 2.45) is 0 Å². The molecule has 0 amide bonds. The van der Waals surface area contributed by atoms with Crippen molar-refractivity contribution in [2.45, 2.75) is 6.42 Å². The molecule has 0 bridgehead atoms. The SMILES string of the molecule is c1ccc(CCOc2nccn3cnnc23)cc1. The fraction of sp³-hybridized carbons (Fsp3) is 0.154. The predicted molar refractivity (Wildman–Crippen MR) is 66.4 cm³/mol. The molecule has 0 aliphatic rings. The molecule has 0 aliphatic heterocycles. The van der Waals surface area contributed by atoms with Crippen LogP contribution in [0.25, 0.3) is 5.65 Å². The smallest absolute Gasteiger partial charge is 0.260 e. The van der Waals surface area contributed by atoms with E-state index in [9.17, 15) is 0 Å². The lowest BCUT2D eigenvalue weighted by molar-refractivity contribution is 0.311. The van der Waals surface area contributed by atoms with E-state index in [-0.39, 0.29) is 0 Å². The fourth-order valence-corrected chi connectivity index (χ4v) is 1.75. The monoisotopic (exact) mass is 240 g/mol. The van der Waals surface area contributed by atoms with Gasteiger partial charge in [0, 0.05) is 18.8 Å². The summed E-state index contributed by atoms with van der Waals surface area (Å²) in [5, 5.41) is 7.79. The highest BCUT2D eigenvalue weighted by Gasteiger charge is 2.05. The molecule has 3 rings (SSSR count). The van der Waals surface area contributed by atoms with Crippen LogP contribution in [0.2, 0.25) is 0 Å². The van der Waals surface area contributed by atoms with Crippen molar-refractivity contribution < 1.29 is 4.74 Å². The zero-order chi connectivity index (χ0) is 12.2. The van der Waals surface area contributed by atoms with Crippen LogP contribution in [0.15, 0.2) is 49.1 Å². The maximum absolute atomic E-state index is 5.65. The Hall–Kier alpha value is -2.43. The van der Waals surface area contributed by atoms with Crippen molar-refractivity contribution in [3.63, 3.8) is 0 Å². The summed E-state index contributed by atoms with van der Waals surface area (Å²) < 4.78 is 7.43. The topological polar surface area (TPSA) is 52.3 Å². The molecular weight excluding hydrogens is 228 g/mol. The van der Waals surface area contributed by atoms with Crippen LogP contribution in [0.4, 0.5) is 0 Å². The van der Waals surface area contributed by atoms with Crippen molar-refractivity contribution >= 4 is 5.65 Å². The predicted octanol–water partition coefficient (Wildman–Crippen LogP) is 1.75. The second-order valence-electron chi connectivity index (χ2n) is 3.88. The van der Waals surface area contributed by atoms with Gasteiger partial charge in [-0.1, -0.05) is 30.3 Å². The van der Waals surface area contributed by atoms with Gasteiger partial charge in [-0.2, -0.15) is 0 Å². The van der Waals surface area contributed by atoms with E-state index >= 15 is 0 Å². The summed E-state index contributed by atoms with van der Waals surface area (Å²) in [6, 6.07) is 10.2. The minimum atomic E-state index is 0.519. The van der Waals surface area contributed by atoms with E-state index in [0.717, 1.165) is 6.42 Å². The first-order valence-electron chi connectivity index (χ1n) is 5.74. The molecule has 0 saturated heterocycles. The maximum atomic E-state index is 5.65. The summed E-state index contributed by atoms with van der Waals surface area (Å²) in [7, 11) is 0. The highest BCUT2D eigenvalue weighted by atomic mass is 16.5. The Balaban J connectivity index is 1.68. The minimum absolute atomic E-state index is 0.519. The van der Waals surface area contributed by atoms with E-state index in [4.69, 9.17) is 4.74 Å². The van der Waals surface area contributed by atoms with E-state index in [2.05, 4.69) is 27.3 Å². The van der Waals surface area contributed by atoms with Gasteiger partial charge in [0.15, 0.2) is 0 Å². The van der Waals surface area contributed by atoms with Crippen LogP contribution < -0.4 is 4.74 Å². The number of fused-ring (bicyclic) bond motifs is 1. The summed E-state index contributed by atoms with van der Waals surface area (Å²) in [4.78, 5) is 4.16. The van der Waals surface area contributed by atoms with Gasteiger partial charge in [-0.15, -0.1) is 10.2 Å². The van der Waals surface area contributed by atoms with Crippen LogP contribution in [0.1, 0.15) is 5.56 Å². The Kier molecular flexibility index (Phi) is 2.87. The third kappa shape index (κ3) is 2.15. The van der Waals surface area contributed by atoms with E-state index in [1.165, 1.54) is 5.56 Å². The van der Waals surface area contributed by atoms with Crippen LogP contribution in [-0.2, 0) is 6.42 Å². The Bertz CT molecular complexity index is 636. The number of ether oxygens (including phenoxy) is 1. The third-order valence-electron chi connectivity index (χ3n) is 2.66. The number of nitrogens with zero attached hydrogens (tertiary/aromatic N) is 4. The van der Waals surface area contributed by atoms with Crippen molar-refractivity contribution in [3.8, 4) is 5.88 Å². The normalized spacial score (nSPS) is 10.7. The Morgan fingerprint density at radius 3 is 2.94 bits per heavy atom. The average molecular weight is 240 g/mol. The number of benzene rings is 1. The number of hydrogen-bond donors (Lipinski definition) is 0. The van der Waals surface area contributed by atoms with E-state index in [1.807, 2.05) is 18.2 Å². The zero-order valence-electron chi connectivity index (χ0n) is 9.73. The van der Waals surface area contributed by atoms with Crippen molar-refractivity contribution in [2.75, 3.05) is 6.61 Å². The first kappa shape index (κ1) is 10.7. The first-order chi connectivity index (χ1) is 8.93. The molecule has 0 aliphatic carbocycles. The quantitative estimate of drug-likeness (QED) is 0.697. The minimum Gasteiger partial charge on any atom is -0.475 e. The molecule has 18 heavy (non-hydrogen) atoms. The summed E-state index contributed by atoms with van der Waals surface area (Å²) >= 11 is 0. The lowest BCUT2D eigenvalue weighted by Crippen LogP contribution is -2.04. The molecule has 0 fully saturated rings. The molecule has 0 radical (unpaired) electrons. The van der Waals surface area contributed by atoms with Crippen LogP contribution in [0, 0.1) is 0 Å². The second-order valence-corrected chi connectivity index (χ2v) is 3.88. The largest absolute Gasteiger partial charge is 0.475 e. The van der Waals surface area contributed by atoms with Crippen molar-refractivity contribution in [3.05, 3.63) is 54.6 Å². The lowest BCUT2D eigenvalue weighted by atomic mass is 10.2. The number of hydrogen-bond acceptors (Lipinski definition) is 4. The summed E-state index contributed by atoms with van der Waals surface area (Å²) in [6.07, 6.45) is 5.94. The molecule has 0 saturated carbocycles. The first-order valence-corrected chi connectivity index (χ1v) is 5.74. The third-order valence-corrected chi connectivity index (χ3v) is 2.66. The van der Waals surface area contributed by atoms with Gasteiger partial charge in [0.1, 0.15) is 6.33 Å². The van der Waals surface area contributed by atoms with Crippen LogP contribution in [-0.4, -0.2) is 26.2 Å². The summed E-state index contributed by atoms with van der Waals surface area (Å²) in [5.74, 6) is 0.519. The zero-order valence-corrected chi connectivity index (χ0v) is 9.73. The van der Waals surface area contributed by atoms with Crippen LogP contribution >= 0.6 is 0 Å². The van der Waals surface area contributed by atoms with Gasteiger partial charge >= 0.3 is 0 Å². The number of rotatable bonds is 4. The van der Waals surface area contributed by atoms with Gasteiger partial charge in [-0.05, 0) is 5.56 Å². The molecular formula is C13H12N4O. The standard InChI is InChI=1S/C13H12N4O/c1-2-4-11(5-3-1)6-9-18-13-12-16-15-10-17(12)8-7-14-13/h1-5,7-8,10H,6,9H2. The summed E-state index contributed by atoms with van der Waals surface area (Å²) in [6.45, 7) is 0.573. The van der Waals surface area contributed by atoms with E-state index < -0.39 is 0 Å². The average Bonchev–Trinajstić information content (AvgIpc) is 2.89. The number of aromatic nitrogens is 4. The van der Waals surface area contributed by atoms with Crippen molar-refractivity contribution in [1.82, 2.24) is 19.6 Å². The molecule has 1 aromatic carbocycles. The molecule has 3 aromatic rings. The second kappa shape index (κ2) is 4.83. The molecule has 0 atom stereocenters. The molecule has 5 nitrogen and oxygen atoms in total. The van der Waals surface area contributed by atoms with Crippen molar-refractivity contribution in [1.29, 1.82) is 0 Å². The van der Waals surface area contributed by atoms with Gasteiger partial charge in [0.05, 0.1) is 6.61 Å². The molecule has 0 spiro atoms. The van der Waals surface area contributed by atoms with Gasteiger partial charge in [-0.25, -0.2) is 4.98 Å². The Labute approximate surface area is 104 Å². The Morgan fingerprint density at radius 1 is 1.17 bits per heavy atom. The van der Waals surface area contributed by atoms with Gasteiger partial charge in [0.25, 0.3) is 5.88 Å². The van der Waals surface area contributed by atoms with Gasteiger partial charge in [-0.3, -0.25) is 4.40 Å². The highest BCUT2D eigenvalue weighted by molar-refractivity contribution is 5.47. The van der Waals surface area contributed by atoms with Crippen LogP contribution in [0.5, 0.6) is 5.88 Å². The summed E-state index contributed by atoms with van der Waals surface area (Å²) in [5.41, 5.74) is 1.89. The molecule has 0 unspecified atom stereocenters. The highest BCUT2D eigenvalue weighted by Crippen LogP contribution is 2.12. The Morgan fingerprint density at radius 2 is 2.06 bits per heavy atom. The maximum Gasteiger partial charge on any atom is 0.260 e. The molecule has 90 valence electrons. The fourth-order valence-electron chi connectivity index (χ4n) is 1.75. The lowest BCUT2D eigenvalue weighted by Gasteiger charge is -2.05. The van der Waals surface area contributed by atoms with E-state index in [1.54, 1.807) is 23.1 Å². The molecule has 5 heteroatoms. The van der Waals surface area contributed by atoms with Crippen LogP contribution in [0.3, 0.4) is 0 Å². The van der Waals surface area contributed by atoms with E-state index in [0.29, 0.717) is 18.1 Å². The molecule has 2 aromatic heterocycles. The van der Waals surface area contributed by atoms with Gasteiger partial charge in [0.2, 0.25) is 5.65 Å². The molecule has 0 N–H and O–H groups in total.